The van der Waals surface area contributed by atoms with Crippen molar-refractivity contribution in [1.82, 2.24) is 0 Å². The van der Waals surface area contributed by atoms with Gasteiger partial charge in [-0.1, -0.05) is 42.5 Å². The largest absolute Gasteiger partial charge is 0.478 e. The van der Waals surface area contributed by atoms with Crippen molar-refractivity contribution in [1.29, 1.82) is 0 Å². The highest BCUT2D eigenvalue weighted by Crippen LogP contribution is 2.52. The molecule has 6 nitrogen and oxygen atoms in total. The van der Waals surface area contributed by atoms with Crippen molar-refractivity contribution in [3.8, 4) is 0 Å². The van der Waals surface area contributed by atoms with Crippen molar-refractivity contribution in [3.63, 3.8) is 0 Å². The number of anilines is 1. The lowest BCUT2D eigenvalue weighted by Gasteiger charge is -2.37. The van der Waals surface area contributed by atoms with Gasteiger partial charge in [-0.25, -0.2) is 4.79 Å². The Morgan fingerprint density at radius 2 is 1.92 bits per heavy atom. The first-order valence-electron chi connectivity index (χ1n) is 8.10. The lowest BCUT2D eigenvalue weighted by Crippen LogP contribution is -2.30. The second kappa shape index (κ2) is 5.73. The van der Waals surface area contributed by atoms with E-state index in [1.807, 2.05) is 6.07 Å². The van der Waals surface area contributed by atoms with E-state index in [1.54, 1.807) is 30.3 Å². The van der Waals surface area contributed by atoms with Gasteiger partial charge in [0.05, 0.1) is 16.5 Å². The number of rotatable bonds is 3. The molecule has 0 amide bonds. The molecule has 0 bridgehead atoms. The summed E-state index contributed by atoms with van der Waals surface area (Å²) in [6, 6.07) is 11.6. The van der Waals surface area contributed by atoms with Gasteiger partial charge in [0.1, 0.15) is 5.69 Å². The molecule has 6 heteroatoms. The summed E-state index contributed by atoms with van der Waals surface area (Å²) >= 11 is 0. The molecule has 0 aromatic heterocycles. The van der Waals surface area contributed by atoms with Crippen molar-refractivity contribution in [2.45, 2.75) is 18.4 Å². The monoisotopic (exact) mass is 336 g/mol. The number of carbonyl (C=O) groups is 1. The molecule has 2 aromatic rings. The number of nitrogens with one attached hydrogen (secondary N) is 1. The van der Waals surface area contributed by atoms with Gasteiger partial charge in [0.15, 0.2) is 0 Å². The molecule has 2 aliphatic rings. The number of aromatic carboxylic acids is 1. The number of carboxylic acids is 1. The number of nitro benzene ring substituents is 1. The predicted octanol–water partition coefficient (Wildman–Crippen LogP) is 4.12. The lowest BCUT2D eigenvalue weighted by atomic mass is 9.76. The SMILES string of the molecule is O=C(O)c1ccccc1[C@@H]1Nc2c(cccc2[N+](=O)[O-])[C@H]2C=CC[C@H]21. The first-order valence-corrected chi connectivity index (χ1v) is 8.10. The van der Waals surface area contributed by atoms with Gasteiger partial charge in [0, 0.05) is 12.0 Å². The highest BCUT2D eigenvalue weighted by molar-refractivity contribution is 5.90. The van der Waals surface area contributed by atoms with Gasteiger partial charge in [0.2, 0.25) is 0 Å². The molecule has 2 N–H and O–H groups in total. The van der Waals surface area contributed by atoms with Gasteiger partial charge in [-0.15, -0.1) is 0 Å². The van der Waals surface area contributed by atoms with Crippen molar-refractivity contribution in [2.24, 2.45) is 5.92 Å². The Morgan fingerprint density at radius 3 is 2.68 bits per heavy atom. The van der Waals surface area contributed by atoms with Gasteiger partial charge < -0.3 is 10.4 Å². The number of para-hydroxylation sites is 1. The van der Waals surface area contributed by atoms with Crippen LogP contribution in [0.15, 0.2) is 54.6 Å². The van der Waals surface area contributed by atoms with Crippen LogP contribution in [0.25, 0.3) is 0 Å². The molecule has 0 saturated heterocycles. The zero-order chi connectivity index (χ0) is 17.6. The number of benzene rings is 2. The van der Waals surface area contributed by atoms with E-state index in [9.17, 15) is 20.0 Å². The Labute approximate surface area is 144 Å². The molecule has 1 heterocycles. The van der Waals surface area contributed by atoms with Crippen LogP contribution in [-0.2, 0) is 0 Å². The maximum Gasteiger partial charge on any atom is 0.336 e. The molecule has 3 atom stereocenters. The maximum absolute atomic E-state index is 11.6. The summed E-state index contributed by atoms with van der Waals surface area (Å²) in [7, 11) is 0. The van der Waals surface area contributed by atoms with E-state index in [0.717, 1.165) is 12.0 Å². The third-order valence-electron chi connectivity index (χ3n) is 5.10. The van der Waals surface area contributed by atoms with Crippen molar-refractivity contribution in [2.75, 3.05) is 5.32 Å². The van der Waals surface area contributed by atoms with Crippen molar-refractivity contribution in [3.05, 3.63) is 81.4 Å². The fraction of sp³-hybridized carbons (Fsp3) is 0.211. The quantitative estimate of drug-likeness (QED) is 0.500. The zero-order valence-electron chi connectivity index (χ0n) is 13.3. The summed E-state index contributed by atoms with van der Waals surface area (Å²) in [6.07, 6.45) is 4.95. The van der Waals surface area contributed by atoms with E-state index >= 15 is 0 Å². The Balaban J connectivity index is 1.88. The number of allylic oxidation sites excluding steroid dienone is 2. The van der Waals surface area contributed by atoms with E-state index in [2.05, 4.69) is 17.5 Å². The fourth-order valence-corrected chi connectivity index (χ4v) is 4.03. The number of carboxylic acid groups (broad SMARTS) is 1. The van der Waals surface area contributed by atoms with Crippen LogP contribution in [0.2, 0.25) is 0 Å². The van der Waals surface area contributed by atoms with Gasteiger partial charge in [-0.3, -0.25) is 10.1 Å². The molecule has 0 unspecified atom stereocenters. The minimum Gasteiger partial charge on any atom is -0.478 e. The molecule has 0 spiro atoms. The Hall–Kier alpha value is -3.15. The molecule has 0 fully saturated rings. The van der Waals surface area contributed by atoms with Crippen LogP contribution >= 0.6 is 0 Å². The third kappa shape index (κ3) is 2.38. The number of nitrogens with zero attached hydrogens (tertiary/aromatic N) is 1. The van der Waals surface area contributed by atoms with E-state index in [0.29, 0.717) is 11.3 Å². The molecule has 1 aliphatic carbocycles. The molecule has 1 aliphatic heterocycles. The maximum atomic E-state index is 11.6. The summed E-state index contributed by atoms with van der Waals surface area (Å²) in [5.74, 6) is -0.814. The number of hydrogen-bond acceptors (Lipinski definition) is 4. The van der Waals surface area contributed by atoms with Crippen molar-refractivity contribution < 1.29 is 14.8 Å². The fourth-order valence-electron chi connectivity index (χ4n) is 4.03. The summed E-state index contributed by atoms with van der Waals surface area (Å²) in [6.45, 7) is 0. The van der Waals surface area contributed by atoms with Crippen LogP contribution in [-0.4, -0.2) is 16.0 Å². The second-order valence-electron chi connectivity index (χ2n) is 6.37. The van der Waals surface area contributed by atoms with Gasteiger partial charge in [-0.05, 0) is 29.5 Å². The average Bonchev–Trinajstić information content (AvgIpc) is 3.10. The van der Waals surface area contributed by atoms with E-state index in [1.165, 1.54) is 6.07 Å². The van der Waals surface area contributed by atoms with Gasteiger partial charge in [-0.2, -0.15) is 0 Å². The van der Waals surface area contributed by atoms with E-state index in [4.69, 9.17) is 0 Å². The standard InChI is InChI=1S/C19H16N2O4/c22-19(23)15-6-2-1-5-14(15)17-12-8-3-7-11(12)13-9-4-10-16(21(24)25)18(13)20-17/h1-7,9-12,17,20H,8H2,(H,22,23)/t11-,12+,17+/m0/s1. The average molecular weight is 336 g/mol. The first kappa shape index (κ1) is 15.4. The van der Waals surface area contributed by atoms with Crippen LogP contribution < -0.4 is 5.32 Å². The molecular formula is C19H16N2O4. The predicted molar refractivity (Wildman–Crippen MR) is 92.8 cm³/mol. The number of hydrogen-bond donors (Lipinski definition) is 2. The molecular weight excluding hydrogens is 320 g/mol. The summed E-state index contributed by atoms with van der Waals surface area (Å²) < 4.78 is 0. The van der Waals surface area contributed by atoms with Gasteiger partial charge in [0.25, 0.3) is 5.69 Å². The minimum atomic E-state index is -0.992. The van der Waals surface area contributed by atoms with Crippen molar-refractivity contribution >= 4 is 17.3 Å². The molecule has 126 valence electrons. The van der Waals surface area contributed by atoms with E-state index < -0.39 is 10.9 Å². The van der Waals surface area contributed by atoms with Gasteiger partial charge >= 0.3 is 5.97 Å². The zero-order valence-corrected chi connectivity index (χ0v) is 13.3. The Kier molecular flexibility index (Phi) is 3.53. The third-order valence-corrected chi connectivity index (χ3v) is 5.10. The smallest absolute Gasteiger partial charge is 0.336 e. The van der Waals surface area contributed by atoms with Crippen LogP contribution in [0.5, 0.6) is 0 Å². The molecule has 4 rings (SSSR count). The topological polar surface area (TPSA) is 92.5 Å². The Bertz CT molecular complexity index is 906. The molecule has 0 saturated carbocycles. The highest BCUT2D eigenvalue weighted by Gasteiger charge is 2.41. The molecule has 25 heavy (non-hydrogen) atoms. The Morgan fingerprint density at radius 1 is 1.16 bits per heavy atom. The van der Waals surface area contributed by atoms with Crippen LogP contribution in [0.1, 0.15) is 39.9 Å². The number of fused-ring (bicyclic) bond motifs is 3. The summed E-state index contributed by atoms with van der Waals surface area (Å²) in [5.41, 5.74) is 2.31. The van der Waals surface area contributed by atoms with Crippen LogP contribution in [0, 0.1) is 16.0 Å². The summed E-state index contributed by atoms with van der Waals surface area (Å²) in [4.78, 5) is 22.7. The molecule has 2 aromatic carbocycles. The number of nitro groups is 1. The van der Waals surface area contributed by atoms with Crippen LogP contribution in [0.4, 0.5) is 11.4 Å². The summed E-state index contributed by atoms with van der Waals surface area (Å²) in [5, 5.41) is 24.2. The second-order valence-corrected chi connectivity index (χ2v) is 6.37. The lowest BCUT2D eigenvalue weighted by molar-refractivity contribution is -0.384. The minimum absolute atomic E-state index is 0.0223. The first-order chi connectivity index (χ1) is 12.1. The highest BCUT2D eigenvalue weighted by atomic mass is 16.6. The van der Waals surface area contributed by atoms with Crippen LogP contribution in [0.3, 0.4) is 0 Å². The van der Waals surface area contributed by atoms with E-state index in [-0.39, 0.29) is 29.1 Å². The molecule has 0 radical (unpaired) electrons. The normalized spacial score (nSPS) is 23.4.